The molecule has 0 heterocycles. The molecule has 1 saturated carbocycles. The Morgan fingerprint density at radius 3 is 2.61 bits per heavy atom. The summed E-state index contributed by atoms with van der Waals surface area (Å²) >= 11 is 1.87. The van der Waals surface area contributed by atoms with E-state index < -0.39 is 5.54 Å². The van der Waals surface area contributed by atoms with Crippen molar-refractivity contribution in [2.24, 2.45) is 11.8 Å². The average Bonchev–Trinajstić information content (AvgIpc) is 3.14. The van der Waals surface area contributed by atoms with E-state index in [2.05, 4.69) is 19.2 Å². The molecular weight excluding hydrogens is 246 g/mol. The summed E-state index contributed by atoms with van der Waals surface area (Å²) in [6, 6.07) is 0. The maximum atomic E-state index is 12.2. The van der Waals surface area contributed by atoms with Crippen molar-refractivity contribution in [2.75, 3.05) is 25.2 Å². The number of hydrogen-bond acceptors (Lipinski definition) is 4. The van der Waals surface area contributed by atoms with Gasteiger partial charge < -0.3 is 10.1 Å². The summed E-state index contributed by atoms with van der Waals surface area (Å²) in [4.78, 5) is 12.2. The molecule has 4 heteroatoms. The Morgan fingerprint density at radius 2 is 2.17 bits per heavy atom. The van der Waals surface area contributed by atoms with Crippen molar-refractivity contribution < 1.29 is 9.53 Å². The van der Waals surface area contributed by atoms with Crippen LogP contribution in [0.15, 0.2) is 0 Å². The van der Waals surface area contributed by atoms with Gasteiger partial charge in [0.15, 0.2) is 0 Å². The molecule has 106 valence electrons. The highest BCUT2D eigenvalue weighted by Crippen LogP contribution is 2.42. The molecule has 3 nitrogen and oxygen atoms in total. The first-order valence-corrected chi connectivity index (χ1v) is 8.16. The van der Waals surface area contributed by atoms with E-state index in [4.69, 9.17) is 4.74 Å². The topological polar surface area (TPSA) is 38.3 Å². The van der Waals surface area contributed by atoms with Gasteiger partial charge in [-0.3, -0.25) is 4.79 Å². The summed E-state index contributed by atoms with van der Waals surface area (Å²) in [5, 5.41) is 3.25. The van der Waals surface area contributed by atoms with E-state index >= 15 is 0 Å². The highest BCUT2D eigenvalue weighted by molar-refractivity contribution is 7.99. The van der Waals surface area contributed by atoms with Gasteiger partial charge in [0, 0.05) is 5.75 Å². The Labute approximate surface area is 115 Å². The normalized spacial score (nSPS) is 18.7. The van der Waals surface area contributed by atoms with Crippen LogP contribution >= 0.6 is 11.8 Å². The molecule has 18 heavy (non-hydrogen) atoms. The Hall–Kier alpha value is -0.220. The first kappa shape index (κ1) is 15.8. The maximum Gasteiger partial charge on any atom is 0.327 e. The van der Waals surface area contributed by atoms with Crippen molar-refractivity contribution in [1.82, 2.24) is 5.32 Å². The number of likely N-dealkylation sites (N-methyl/N-ethyl adjacent to an activating group) is 1. The van der Waals surface area contributed by atoms with Gasteiger partial charge in [-0.2, -0.15) is 11.8 Å². The van der Waals surface area contributed by atoms with E-state index in [9.17, 15) is 4.79 Å². The molecule has 0 bridgehead atoms. The zero-order chi connectivity index (χ0) is 13.6. The summed E-state index contributed by atoms with van der Waals surface area (Å²) in [5.74, 6) is 3.08. The van der Waals surface area contributed by atoms with Crippen molar-refractivity contribution in [3.63, 3.8) is 0 Å². The summed E-state index contributed by atoms with van der Waals surface area (Å²) in [6.07, 6.45) is 3.49. The number of carbonyl (C=O) groups excluding carboxylic acids is 1. The van der Waals surface area contributed by atoms with Crippen molar-refractivity contribution >= 4 is 17.7 Å². The third-order valence-corrected chi connectivity index (χ3v) is 4.71. The predicted octanol–water partition coefficient (Wildman–Crippen LogP) is 2.70. The zero-order valence-corrected chi connectivity index (χ0v) is 12.9. The summed E-state index contributed by atoms with van der Waals surface area (Å²) < 4.78 is 5.26. The van der Waals surface area contributed by atoms with Gasteiger partial charge in [0.05, 0.1) is 6.61 Å². The van der Waals surface area contributed by atoms with Crippen LogP contribution in [0.25, 0.3) is 0 Å². The summed E-state index contributed by atoms with van der Waals surface area (Å²) in [6.45, 7) is 6.80. The fourth-order valence-electron chi connectivity index (χ4n) is 2.11. The van der Waals surface area contributed by atoms with E-state index in [-0.39, 0.29) is 5.97 Å². The second-order valence-corrected chi connectivity index (χ2v) is 6.56. The van der Waals surface area contributed by atoms with Gasteiger partial charge in [-0.05, 0) is 50.8 Å². The molecule has 0 amide bonds. The molecule has 1 aliphatic rings. The standard InChI is InChI=1S/C14H27NO2S/c1-5-17-13(16)14(15-4,12-6-7-12)10-18-9-8-11(2)3/h11-12,15H,5-10H2,1-4H3. The van der Waals surface area contributed by atoms with Crippen LogP contribution in [0.3, 0.4) is 0 Å². The van der Waals surface area contributed by atoms with Gasteiger partial charge >= 0.3 is 5.97 Å². The van der Waals surface area contributed by atoms with Crippen LogP contribution < -0.4 is 5.32 Å². The van der Waals surface area contributed by atoms with Crippen LogP contribution in [0.4, 0.5) is 0 Å². The van der Waals surface area contributed by atoms with E-state index in [1.165, 1.54) is 6.42 Å². The molecule has 0 aliphatic heterocycles. The average molecular weight is 273 g/mol. The van der Waals surface area contributed by atoms with Gasteiger partial charge in [-0.25, -0.2) is 0 Å². The number of rotatable bonds is 9. The minimum absolute atomic E-state index is 0.0629. The smallest absolute Gasteiger partial charge is 0.327 e. The van der Waals surface area contributed by atoms with E-state index in [1.807, 2.05) is 25.7 Å². The molecule has 1 fully saturated rings. The molecule has 1 atom stereocenters. The van der Waals surface area contributed by atoms with Crippen molar-refractivity contribution in [1.29, 1.82) is 0 Å². The van der Waals surface area contributed by atoms with Gasteiger partial charge in [0.1, 0.15) is 5.54 Å². The first-order chi connectivity index (χ1) is 8.56. The van der Waals surface area contributed by atoms with E-state index in [1.54, 1.807) is 0 Å². The fraction of sp³-hybridized carbons (Fsp3) is 0.929. The number of hydrogen-bond donors (Lipinski definition) is 1. The zero-order valence-electron chi connectivity index (χ0n) is 12.1. The highest BCUT2D eigenvalue weighted by Gasteiger charge is 2.50. The molecule has 0 aromatic rings. The molecule has 1 unspecified atom stereocenters. The minimum atomic E-state index is -0.447. The van der Waals surface area contributed by atoms with Crippen LogP contribution in [-0.2, 0) is 9.53 Å². The van der Waals surface area contributed by atoms with Crippen LogP contribution in [0.5, 0.6) is 0 Å². The summed E-state index contributed by atoms with van der Waals surface area (Å²) in [7, 11) is 1.89. The first-order valence-electron chi connectivity index (χ1n) is 7.00. The van der Waals surface area contributed by atoms with E-state index in [0.717, 1.165) is 30.3 Å². The van der Waals surface area contributed by atoms with E-state index in [0.29, 0.717) is 12.5 Å². The van der Waals surface area contributed by atoms with Gasteiger partial charge in [-0.15, -0.1) is 0 Å². The van der Waals surface area contributed by atoms with Gasteiger partial charge in [0.2, 0.25) is 0 Å². The van der Waals surface area contributed by atoms with Crippen molar-refractivity contribution in [3.8, 4) is 0 Å². The maximum absolute atomic E-state index is 12.2. The fourth-order valence-corrected chi connectivity index (χ4v) is 3.71. The number of thioether (sulfide) groups is 1. The SMILES string of the molecule is CCOC(=O)C(CSCCC(C)C)(NC)C1CC1. The molecule has 1 N–H and O–H groups in total. The van der Waals surface area contributed by atoms with Crippen LogP contribution in [-0.4, -0.2) is 36.7 Å². The molecular formula is C14H27NO2S. The Bertz CT molecular complexity index is 267. The Morgan fingerprint density at radius 1 is 1.50 bits per heavy atom. The lowest BCUT2D eigenvalue weighted by Gasteiger charge is -2.31. The molecule has 1 rings (SSSR count). The van der Waals surface area contributed by atoms with Crippen molar-refractivity contribution in [3.05, 3.63) is 0 Å². The lowest BCUT2D eigenvalue weighted by molar-refractivity contribution is -0.150. The van der Waals surface area contributed by atoms with Crippen LogP contribution in [0.1, 0.15) is 40.0 Å². The third kappa shape index (κ3) is 4.16. The molecule has 0 radical (unpaired) electrons. The molecule has 0 saturated heterocycles. The summed E-state index contributed by atoms with van der Waals surface area (Å²) in [5.41, 5.74) is -0.447. The largest absolute Gasteiger partial charge is 0.465 e. The number of ether oxygens (including phenoxy) is 1. The van der Waals surface area contributed by atoms with Gasteiger partial charge in [0.25, 0.3) is 0 Å². The van der Waals surface area contributed by atoms with Crippen LogP contribution in [0, 0.1) is 11.8 Å². The second-order valence-electron chi connectivity index (χ2n) is 5.45. The quantitative estimate of drug-likeness (QED) is 0.518. The Kier molecular flexibility index (Phi) is 6.50. The number of carbonyl (C=O) groups is 1. The number of nitrogens with one attached hydrogen (secondary N) is 1. The van der Waals surface area contributed by atoms with Gasteiger partial charge in [-0.1, -0.05) is 13.8 Å². The second kappa shape index (κ2) is 7.39. The molecule has 0 spiro atoms. The van der Waals surface area contributed by atoms with Crippen molar-refractivity contribution in [2.45, 2.75) is 45.6 Å². The van der Waals surface area contributed by atoms with Crippen LogP contribution in [0.2, 0.25) is 0 Å². The predicted molar refractivity (Wildman–Crippen MR) is 77.9 cm³/mol. The monoisotopic (exact) mass is 273 g/mol. The Balaban J connectivity index is 2.52. The molecule has 0 aromatic heterocycles. The third-order valence-electron chi connectivity index (χ3n) is 3.53. The minimum Gasteiger partial charge on any atom is -0.465 e. The number of esters is 1. The molecule has 1 aliphatic carbocycles. The lowest BCUT2D eigenvalue weighted by atomic mass is 9.96. The molecule has 0 aromatic carbocycles. The highest BCUT2D eigenvalue weighted by atomic mass is 32.2. The lowest BCUT2D eigenvalue weighted by Crippen LogP contribution is -2.55.